The molecule has 6 nitrogen and oxygen atoms in total. The Morgan fingerprint density at radius 3 is 2.45 bits per heavy atom. The third kappa shape index (κ3) is 6.32. The summed E-state index contributed by atoms with van der Waals surface area (Å²) in [6.07, 6.45) is 2.38. The van der Waals surface area contributed by atoms with Gasteiger partial charge in [-0.2, -0.15) is 0 Å². The van der Waals surface area contributed by atoms with Crippen molar-refractivity contribution < 1.29 is 14.6 Å². The van der Waals surface area contributed by atoms with Crippen LogP contribution in [-0.2, 0) is 6.54 Å². The van der Waals surface area contributed by atoms with Gasteiger partial charge in [0.2, 0.25) is 5.88 Å². The van der Waals surface area contributed by atoms with Crippen LogP contribution >= 0.6 is 11.6 Å². The van der Waals surface area contributed by atoms with E-state index in [0.29, 0.717) is 6.61 Å². The van der Waals surface area contributed by atoms with Crippen LogP contribution in [0.5, 0.6) is 5.88 Å². The van der Waals surface area contributed by atoms with E-state index < -0.39 is 5.97 Å². The molecule has 0 atom stereocenters. The summed E-state index contributed by atoms with van der Waals surface area (Å²) in [6, 6.07) is 19.7. The van der Waals surface area contributed by atoms with E-state index in [-0.39, 0.29) is 11.4 Å². The van der Waals surface area contributed by atoms with Gasteiger partial charge in [0, 0.05) is 50.5 Å². The van der Waals surface area contributed by atoms with Gasteiger partial charge in [-0.1, -0.05) is 48.0 Å². The van der Waals surface area contributed by atoms with Crippen molar-refractivity contribution >= 4 is 17.6 Å². The van der Waals surface area contributed by atoms with Gasteiger partial charge >= 0.3 is 5.97 Å². The van der Waals surface area contributed by atoms with E-state index in [1.807, 2.05) is 12.1 Å². The van der Waals surface area contributed by atoms with Crippen molar-refractivity contribution in [1.29, 1.82) is 0 Å². The number of carboxylic acids is 1. The molecule has 1 saturated heterocycles. The number of nitrogens with zero attached hydrogens (tertiary/aromatic N) is 3. The maximum Gasteiger partial charge on any atom is 0.341 e. The van der Waals surface area contributed by atoms with Crippen molar-refractivity contribution in [3.63, 3.8) is 0 Å². The molecule has 4 rings (SSSR count). The Balaban J connectivity index is 1.23. The zero-order chi connectivity index (χ0) is 23.0. The highest BCUT2D eigenvalue weighted by Gasteiger charge is 2.18. The van der Waals surface area contributed by atoms with E-state index in [1.165, 1.54) is 22.8 Å². The molecule has 0 radical (unpaired) electrons. The Morgan fingerprint density at radius 1 is 0.970 bits per heavy atom. The number of aromatic nitrogens is 1. The molecule has 1 fully saturated rings. The van der Waals surface area contributed by atoms with Crippen LogP contribution in [0.15, 0.2) is 66.9 Å². The maximum absolute atomic E-state index is 11.2. The zero-order valence-electron chi connectivity index (χ0n) is 18.5. The van der Waals surface area contributed by atoms with Crippen LogP contribution in [0.3, 0.4) is 0 Å². The molecule has 2 aromatic carbocycles. The monoisotopic (exact) mass is 465 g/mol. The standard InChI is InChI=1S/C26H28ClN3O3/c27-22-10-8-20(9-11-22)23-6-2-1-5-21(23)19-30-16-14-29(15-17-30)13-4-18-33-25-24(26(31)32)7-3-12-28-25/h1-3,5-12H,4,13-19H2,(H,31,32). The van der Waals surface area contributed by atoms with Crippen LogP contribution in [0.1, 0.15) is 22.3 Å². The second-order valence-electron chi connectivity index (χ2n) is 8.15. The van der Waals surface area contributed by atoms with Gasteiger partial charge in [-0.3, -0.25) is 4.90 Å². The summed E-state index contributed by atoms with van der Waals surface area (Å²) in [6.45, 7) is 6.34. The van der Waals surface area contributed by atoms with Gasteiger partial charge in [-0.05, 0) is 47.4 Å². The molecule has 0 amide bonds. The number of pyridine rings is 1. The zero-order valence-corrected chi connectivity index (χ0v) is 19.2. The number of aromatic carboxylic acids is 1. The number of rotatable bonds is 9. The molecule has 3 aromatic rings. The molecule has 0 aliphatic carbocycles. The molecule has 0 unspecified atom stereocenters. The summed E-state index contributed by atoms with van der Waals surface area (Å²) in [4.78, 5) is 20.2. The number of carbonyl (C=O) groups is 1. The Bertz CT molecular complexity index is 1070. The third-order valence-electron chi connectivity index (χ3n) is 5.89. The van der Waals surface area contributed by atoms with E-state index >= 15 is 0 Å². The summed E-state index contributed by atoms with van der Waals surface area (Å²) in [5.41, 5.74) is 3.87. The summed E-state index contributed by atoms with van der Waals surface area (Å²) in [7, 11) is 0. The Morgan fingerprint density at radius 2 is 1.70 bits per heavy atom. The normalized spacial score (nSPS) is 14.8. The van der Waals surface area contributed by atoms with Crippen molar-refractivity contribution in [2.75, 3.05) is 39.3 Å². The summed E-state index contributed by atoms with van der Waals surface area (Å²) >= 11 is 6.06. The van der Waals surface area contributed by atoms with Crippen LogP contribution in [-0.4, -0.2) is 65.2 Å². The molecule has 1 aromatic heterocycles. The third-order valence-corrected chi connectivity index (χ3v) is 6.14. The smallest absolute Gasteiger partial charge is 0.341 e. The van der Waals surface area contributed by atoms with Crippen LogP contribution in [0.4, 0.5) is 0 Å². The van der Waals surface area contributed by atoms with E-state index in [2.05, 4.69) is 51.2 Å². The molecule has 172 valence electrons. The van der Waals surface area contributed by atoms with Crippen LogP contribution < -0.4 is 4.74 Å². The number of ether oxygens (including phenoxy) is 1. The molecule has 2 heterocycles. The average molecular weight is 466 g/mol. The number of benzene rings is 2. The predicted octanol–water partition coefficient (Wildman–Crippen LogP) is 4.69. The number of hydrogen-bond acceptors (Lipinski definition) is 5. The fourth-order valence-corrected chi connectivity index (χ4v) is 4.23. The van der Waals surface area contributed by atoms with Crippen LogP contribution in [0.25, 0.3) is 11.1 Å². The van der Waals surface area contributed by atoms with Crippen molar-refractivity contribution in [3.05, 3.63) is 83.0 Å². The molecule has 0 bridgehead atoms. The maximum atomic E-state index is 11.2. The van der Waals surface area contributed by atoms with Crippen molar-refractivity contribution in [2.45, 2.75) is 13.0 Å². The lowest BCUT2D eigenvalue weighted by molar-refractivity contribution is 0.0690. The van der Waals surface area contributed by atoms with Crippen molar-refractivity contribution in [1.82, 2.24) is 14.8 Å². The first-order valence-electron chi connectivity index (χ1n) is 11.2. The summed E-state index contributed by atoms with van der Waals surface area (Å²) < 4.78 is 5.61. The first-order valence-corrected chi connectivity index (χ1v) is 11.6. The van der Waals surface area contributed by atoms with Gasteiger partial charge in [0.05, 0.1) is 6.61 Å². The average Bonchev–Trinajstić information content (AvgIpc) is 2.84. The Labute approximate surface area is 199 Å². The van der Waals surface area contributed by atoms with Gasteiger partial charge in [0.15, 0.2) is 0 Å². The highest BCUT2D eigenvalue weighted by atomic mass is 35.5. The van der Waals surface area contributed by atoms with E-state index in [0.717, 1.165) is 50.7 Å². The molecule has 1 aliphatic rings. The molecule has 0 spiro atoms. The van der Waals surface area contributed by atoms with Crippen molar-refractivity contribution in [2.24, 2.45) is 0 Å². The fourth-order valence-electron chi connectivity index (χ4n) is 4.11. The van der Waals surface area contributed by atoms with E-state index in [4.69, 9.17) is 16.3 Å². The minimum absolute atomic E-state index is 0.102. The summed E-state index contributed by atoms with van der Waals surface area (Å²) in [5.74, 6) is -0.832. The van der Waals surface area contributed by atoms with Crippen LogP contribution in [0, 0.1) is 0 Å². The second kappa shape index (κ2) is 11.3. The molecule has 1 aliphatic heterocycles. The highest BCUT2D eigenvalue weighted by molar-refractivity contribution is 6.30. The predicted molar refractivity (Wildman–Crippen MR) is 130 cm³/mol. The van der Waals surface area contributed by atoms with Crippen LogP contribution in [0.2, 0.25) is 5.02 Å². The topological polar surface area (TPSA) is 65.9 Å². The van der Waals surface area contributed by atoms with Gasteiger partial charge in [0.25, 0.3) is 0 Å². The van der Waals surface area contributed by atoms with E-state index in [9.17, 15) is 9.90 Å². The molecule has 33 heavy (non-hydrogen) atoms. The molecule has 1 N–H and O–H groups in total. The molecular weight excluding hydrogens is 438 g/mol. The highest BCUT2D eigenvalue weighted by Crippen LogP contribution is 2.26. The lowest BCUT2D eigenvalue weighted by atomic mass is 9.99. The number of hydrogen-bond donors (Lipinski definition) is 1. The minimum atomic E-state index is -1.02. The number of carboxylic acid groups (broad SMARTS) is 1. The van der Waals surface area contributed by atoms with E-state index in [1.54, 1.807) is 12.3 Å². The van der Waals surface area contributed by atoms with Gasteiger partial charge in [-0.25, -0.2) is 9.78 Å². The van der Waals surface area contributed by atoms with Gasteiger partial charge < -0.3 is 14.7 Å². The second-order valence-corrected chi connectivity index (χ2v) is 8.58. The quantitative estimate of drug-likeness (QED) is 0.462. The van der Waals surface area contributed by atoms with Crippen molar-refractivity contribution in [3.8, 4) is 17.0 Å². The first kappa shape index (κ1) is 23.2. The number of piperazine rings is 1. The SMILES string of the molecule is O=C(O)c1cccnc1OCCCN1CCN(Cc2ccccc2-c2ccc(Cl)cc2)CC1. The minimum Gasteiger partial charge on any atom is -0.477 e. The Kier molecular flexibility index (Phi) is 7.94. The fraction of sp³-hybridized carbons (Fsp3) is 0.308. The molecule has 7 heteroatoms. The number of halogens is 1. The largest absolute Gasteiger partial charge is 0.477 e. The molecule has 0 saturated carbocycles. The first-order chi connectivity index (χ1) is 16.1. The summed E-state index contributed by atoms with van der Waals surface area (Å²) in [5, 5.41) is 9.96. The van der Waals surface area contributed by atoms with Gasteiger partial charge in [0.1, 0.15) is 5.56 Å². The Hall–Kier alpha value is -2.93. The van der Waals surface area contributed by atoms with Gasteiger partial charge in [-0.15, -0.1) is 0 Å². The lowest BCUT2D eigenvalue weighted by Crippen LogP contribution is -2.46. The lowest BCUT2D eigenvalue weighted by Gasteiger charge is -2.35. The molecular formula is C26H28ClN3O3.